The van der Waals surface area contributed by atoms with Gasteiger partial charge >= 0.3 is 0 Å². The lowest BCUT2D eigenvalue weighted by Gasteiger charge is -2.31. The van der Waals surface area contributed by atoms with Crippen molar-refractivity contribution in [3.8, 4) is 0 Å². The first kappa shape index (κ1) is 8.98. The number of nitrogens with two attached hydrogens (primary N) is 1. The number of hydrogen-bond acceptors (Lipinski definition) is 1. The molecular weight excluding hydrogens is 141 g/mol. The third-order valence-corrected chi connectivity index (χ3v) is 2.81. The van der Waals surface area contributed by atoms with Gasteiger partial charge in [-0.25, -0.2) is 4.39 Å². The molecule has 1 rings (SSSR count). The minimum absolute atomic E-state index is 0.190. The molecule has 1 fully saturated rings. The Morgan fingerprint density at radius 1 is 1.36 bits per heavy atom. The summed E-state index contributed by atoms with van der Waals surface area (Å²) in [4.78, 5) is 0. The predicted octanol–water partition coefficient (Wildman–Crippen LogP) is 2.11. The molecular formula is C9H18FN. The first-order valence-electron chi connectivity index (χ1n) is 4.51. The average Bonchev–Trinajstić information content (AvgIpc) is 1.94. The van der Waals surface area contributed by atoms with Crippen LogP contribution in [0.4, 0.5) is 4.39 Å². The van der Waals surface area contributed by atoms with Crippen LogP contribution in [0.3, 0.4) is 0 Å². The Kier molecular flexibility index (Phi) is 2.88. The fourth-order valence-electron chi connectivity index (χ4n) is 1.77. The summed E-state index contributed by atoms with van der Waals surface area (Å²) in [5, 5.41) is 0. The second kappa shape index (κ2) is 3.53. The van der Waals surface area contributed by atoms with Crippen LogP contribution in [0.15, 0.2) is 0 Å². The monoisotopic (exact) mass is 159 g/mol. The molecule has 1 aliphatic carbocycles. The maximum absolute atomic E-state index is 13.1. The van der Waals surface area contributed by atoms with Crippen LogP contribution in [-0.2, 0) is 0 Å². The number of alkyl halides is 1. The molecule has 66 valence electrons. The smallest absolute Gasteiger partial charge is 0.115 e. The zero-order valence-electron chi connectivity index (χ0n) is 7.39. The fraction of sp³-hybridized carbons (Fsp3) is 1.00. The Hall–Kier alpha value is -0.110. The van der Waals surface area contributed by atoms with Gasteiger partial charge in [-0.3, -0.25) is 0 Å². The highest BCUT2D eigenvalue weighted by Gasteiger charge is 2.29. The van der Waals surface area contributed by atoms with E-state index in [9.17, 15) is 4.39 Å². The minimum Gasteiger partial charge on any atom is -0.325 e. The van der Waals surface area contributed by atoms with E-state index in [4.69, 9.17) is 5.73 Å². The Morgan fingerprint density at radius 2 is 2.00 bits per heavy atom. The van der Waals surface area contributed by atoms with Crippen LogP contribution in [0.25, 0.3) is 0 Å². The standard InChI is InChI=1S/C9H18FN/c1-6(2)7-3-4-9(11)8(10)5-7/h6-9H,3-5,11H2,1-2H3/t7-,8-,9-/m1/s1. The topological polar surface area (TPSA) is 26.0 Å². The highest BCUT2D eigenvalue weighted by Crippen LogP contribution is 2.30. The quantitative estimate of drug-likeness (QED) is 0.623. The maximum Gasteiger partial charge on any atom is 0.115 e. The van der Waals surface area contributed by atoms with Crippen molar-refractivity contribution in [2.45, 2.75) is 45.3 Å². The van der Waals surface area contributed by atoms with Crippen LogP contribution in [0, 0.1) is 11.8 Å². The van der Waals surface area contributed by atoms with E-state index in [2.05, 4.69) is 13.8 Å². The molecule has 0 spiro atoms. The lowest BCUT2D eigenvalue weighted by molar-refractivity contribution is 0.144. The molecule has 0 aliphatic heterocycles. The van der Waals surface area contributed by atoms with Crippen LogP contribution >= 0.6 is 0 Å². The van der Waals surface area contributed by atoms with Crippen LogP contribution in [-0.4, -0.2) is 12.2 Å². The molecule has 1 aliphatic rings. The van der Waals surface area contributed by atoms with Gasteiger partial charge in [0.15, 0.2) is 0 Å². The van der Waals surface area contributed by atoms with Crippen LogP contribution in [0.2, 0.25) is 0 Å². The van der Waals surface area contributed by atoms with Gasteiger partial charge in [-0.1, -0.05) is 13.8 Å². The second-order valence-electron chi connectivity index (χ2n) is 4.00. The summed E-state index contributed by atoms with van der Waals surface area (Å²) in [6.07, 6.45) is 1.90. The molecule has 2 N–H and O–H groups in total. The van der Waals surface area contributed by atoms with Crippen molar-refractivity contribution >= 4 is 0 Å². The van der Waals surface area contributed by atoms with E-state index in [0.717, 1.165) is 12.8 Å². The number of hydrogen-bond donors (Lipinski definition) is 1. The van der Waals surface area contributed by atoms with Crippen molar-refractivity contribution in [2.75, 3.05) is 0 Å². The van der Waals surface area contributed by atoms with Gasteiger partial charge in [0, 0.05) is 6.04 Å². The van der Waals surface area contributed by atoms with Gasteiger partial charge in [0.2, 0.25) is 0 Å². The van der Waals surface area contributed by atoms with E-state index in [1.165, 1.54) is 0 Å². The first-order chi connectivity index (χ1) is 5.11. The SMILES string of the molecule is CC(C)[C@@H]1CC[C@@H](N)[C@H](F)C1. The zero-order valence-corrected chi connectivity index (χ0v) is 7.39. The van der Waals surface area contributed by atoms with E-state index in [0.29, 0.717) is 18.3 Å². The lowest BCUT2D eigenvalue weighted by atomic mass is 9.79. The third kappa shape index (κ3) is 2.16. The molecule has 11 heavy (non-hydrogen) atoms. The highest BCUT2D eigenvalue weighted by molar-refractivity contribution is 4.83. The van der Waals surface area contributed by atoms with Gasteiger partial charge in [0.05, 0.1) is 0 Å². The van der Waals surface area contributed by atoms with E-state index in [1.54, 1.807) is 0 Å². The van der Waals surface area contributed by atoms with Gasteiger partial charge in [-0.05, 0) is 31.1 Å². The lowest BCUT2D eigenvalue weighted by Crippen LogP contribution is -2.38. The molecule has 0 aromatic carbocycles. The Bertz CT molecular complexity index is 125. The zero-order chi connectivity index (χ0) is 8.43. The summed E-state index contributed by atoms with van der Waals surface area (Å²) in [5.74, 6) is 1.17. The van der Waals surface area contributed by atoms with Gasteiger partial charge in [-0.2, -0.15) is 0 Å². The third-order valence-electron chi connectivity index (χ3n) is 2.81. The molecule has 0 amide bonds. The molecule has 0 saturated heterocycles. The first-order valence-corrected chi connectivity index (χ1v) is 4.51. The van der Waals surface area contributed by atoms with Gasteiger partial charge in [0.25, 0.3) is 0 Å². The van der Waals surface area contributed by atoms with Crippen LogP contribution in [0.1, 0.15) is 33.1 Å². The predicted molar refractivity (Wildman–Crippen MR) is 45.1 cm³/mol. The van der Waals surface area contributed by atoms with E-state index in [1.807, 2.05) is 0 Å². The molecule has 0 heterocycles. The van der Waals surface area contributed by atoms with Crippen LogP contribution in [0.5, 0.6) is 0 Å². The van der Waals surface area contributed by atoms with Gasteiger partial charge in [-0.15, -0.1) is 0 Å². The second-order valence-corrected chi connectivity index (χ2v) is 4.00. The summed E-state index contributed by atoms with van der Waals surface area (Å²) in [6, 6.07) is -0.190. The van der Waals surface area contributed by atoms with Crippen molar-refractivity contribution in [1.29, 1.82) is 0 Å². The van der Waals surface area contributed by atoms with E-state index >= 15 is 0 Å². The van der Waals surface area contributed by atoms with Crippen molar-refractivity contribution in [3.05, 3.63) is 0 Å². The van der Waals surface area contributed by atoms with Crippen molar-refractivity contribution in [1.82, 2.24) is 0 Å². The minimum atomic E-state index is -0.754. The number of rotatable bonds is 1. The van der Waals surface area contributed by atoms with Crippen molar-refractivity contribution in [2.24, 2.45) is 17.6 Å². The molecule has 0 aromatic rings. The van der Waals surface area contributed by atoms with E-state index < -0.39 is 6.17 Å². The van der Waals surface area contributed by atoms with Gasteiger partial charge in [0.1, 0.15) is 6.17 Å². The molecule has 0 radical (unpaired) electrons. The molecule has 3 atom stereocenters. The van der Waals surface area contributed by atoms with Crippen molar-refractivity contribution in [3.63, 3.8) is 0 Å². The summed E-state index contributed by atoms with van der Waals surface area (Å²) >= 11 is 0. The number of halogens is 1. The molecule has 1 saturated carbocycles. The maximum atomic E-state index is 13.1. The molecule has 2 heteroatoms. The Labute approximate surface area is 68.2 Å². The van der Waals surface area contributed by atoms with Crippen LogP contribution < -0.4 is 5.73 Å². The van der Waals surface area contributed by atoms with Crippen molar-refractivity contribution < 1.29 is 4.39 Å². The fourth-order valence-corrected chi connectivity index (χ4v) is 1.77. The molecule has 1 nitrogen and oxygen atoms in total. The average molecular weight is 159 g/mol. The van der Waals surface area contributed by atoms with Gasteiger partial charge < -0.3 is 5.73 Å². The normalized spacial score (nSPS) is 39.5. The largest absolute Gasteiger partial charge is 0.325 e. The summed E-state index contributed by atoms with van der Waals surface area (Å²) in [7, 11) is 0. The Morgan fingerprint density at radius 3 is 2.45 bits per heavy atom. The summed E-state index contributed by atoms with van der Waals surface area (Å²) in [6.45, 7) is 4.32. The molecule has 0 bridgehead atoms. The van der Waals surface area contributed by atoms with E-state index in [-0.39, 0.29) is 6.04 Å². The highest BCUT2D eigenvalue weighted by atomic mass is 19.1. The summed E-state index contributed by atoms with van der Waals surface area (Å²) < 4.78 is 13.1. The molecule has 0 unspecified atom stereocenters. The molecule has 0 aromatic heterocycles. The summed E-state index contributed by atoms with van der Waals surface area (Å²) in [5.41, 5.74) is 5.57. The Balaban J connectivity index is 2.40.